The molecule has 3 aromatic rings. The molecule has 0 saturated carbocycles. The molecule has 0 amide bonds. The van der Waals surface area contributed by atoms with Gasteiger partial charge in [0.2, 0.25) is 5.95 Å². The number of hydrogen-bond donors (Lipinski definition) is 1. The number of anilines is 1. The number of nitrogens with one attached hydrogen (secondary N) is 1. The van der Waals surface area contributed by atoms with Crippen LogP contribution >= 0.6 is 11.6 Å². The third kappa shape index (κ3) is 2.97. The van der Waals surface area contributed by atoms with E-state index in [0.29, 0.717) is 0 Å². The van der Waals surface area contributed by atoms with Crippen LogP contribution in [0.2, 0.25) is 5.02 Å². The van der Waals surface area contributed by atoms with Gasteiger partial charge < -0.3 is 14.8 Å². The first-order valence-corrected chi connectivity index (χ1v) is 8.71. The number of halogens is 1. The van der Waals surface area contributed by atoms with Gasteiger partial charge in [-0.2, -0.15) is 10.1 Å². The Bertz CT molecular complexity index is 910. The summed E-state index contributed by atoms with van der Waals surface area (Å²) < 4.78 is 12.8. The smallest absolute Gasteiger partial charge is 0.222 e. The average Bonchev–Trinajstić information content (AvgIpc) is 3.16. The molecular formula is C19H19ClN4O2. The van der Waals surface area contributed by atoms with E-state index in [1.807, 2.05) is 47.1 Å². The third-order valence-corrected chi connectivity index (χ3v) is 4.95. The second kappa shape index (κ2) is 6.88. The van der Waals surface area contributed by atoms with Gasteiger partial charge in [-0.05, 0) is 36.2 Å². The van der Waals surface area contributed by atoms with E-state index in [9.17, 15) is 0 Å². The number of ether oxygens (including phenoxy) is 2. The van der Waals surface area contributed by atoms with Gasteiger partial charge in [0.15, 0.2) is 0 Å². The molecule has 134 valence electrons. The number of rotatable bonds is 4. The third-order valence-electron chi connectivity index (χ3n) is 4.70. The summed E-state index contributed by atoms with van der Waals surface area (Å²) in [5, 5.41) is 8.59. The number of benzene rings is 2. The maximum absolute atomic E-state index is 6.03. The van der Waals surface area contributed by atoms with Crippen LogP contribution in [0, 0.1) is 0 Å². The zero-order valence-electron chi connectivity index (χ0n) is 14.5. The van der Waals surface area contributed by atoms with Crippen LogP contribution in [0.25, 0.3) is 0 Å². The van der Waals surface area contributed by atoms with Gasteiger partial charge in [0, 0.05) is 16.7 Å². The number of hydrogen-bond acceptors (Lipinski definition) is 5. The first kappa shape index (κ1) is 16.7. The summed E-state index contributed by atoms with van der Waals surface area (Å²) >= 11 is 6.03. The van der Waals surface area contributed by atoms with Gasteiger partial charge in [0.05, 0.1) is 26.3 Å². The van der Waals surface area contributed by atoms with E-state index in [4.69, 9.17) is 21.1 Å². The Morgan fingerprint density at radius 3 is 2.65 bits per heavy atom. The van der Waals surface area contributed by atoms with Crippen molar-refractivity contribution in [3.05, 3.63) is 64.9 Å². The molecule has 0 radical (unpaired) electrons. The molecule has 2 aromatic carbocycles. The lowest BCUT2D eigenvalue weighted by atomic mass is 9.93. The van der Waals surface area contributed by atoms with Crippen LogP contribution in [0.1, 0.15) is 29.6 Å². The van der Waals surface area contributed by atoms with Crippen LogP contribution in [-0.2, 0) is 0 Å². The SMILES string of the molecule is COc1ccc([C@H]2C[C@@H](c3ccc(Cl)cc3)Nc3ncnn32)c(OC)c1. The van der Waals surface area contributed by atoms with Crippen molar-refractivity contribution in [1.29, 1.82) is 0 Å². The second-order valence-electron chi connectivity index (χ2n) is 6.14. The highest BCUT2D eigenvalue weighted by atomic mass is 35.5. The van der Waals surface area contributed by atoms with E-state index in [2.05, 4.69) is 15.4 Å². The van der Waals surface area contributed by atoms with Crippen molar-refractivity contribution >= 4 is 17.5 Å². The van der Waals surface area contributed by atoms with Gasteiger partial charge in [-0.25, -0.2) is 4.68 Å². The lowest BCUT2D eigenvalue weighted by Gasteiger charge is -2.32. The summed E-state index contributed by atoms with van der Waals surface area (Å²) in [5.41, 5.74) is 2.20. The maximum atomic E-state index is 6.03. The summed E-state index contributed by atoms with van der Waals surface area (Å²) in [7, 11) is 3.31. The number of methoxy groups -OCH3 is 2. The largest absolute Gasteiger partial charge is 0.497 e. The van der Waals surface area contributed by atoms with Crippen LogP contribution in [0.5, 0.6) is 11.5 Å². The summed E-state index contributed by atoms with van der Waals surface area (Å²) in [6.07, 6.45) is 2.37. The molecular weight excluding hydrogens is 352 g/mol. The van der Waals surface area contributed by atoms with Crippen LogP contribution in [0.4, 0.5) is 5.95 Å². The zero-order valence-corrected chi connectivity index (χ0v) is 15.3. The normalized spacial score (nSPS) is 18.7. The van der Waals surface area contributed by atoms with Crippen LogP contribution in [0.15, 0.2) is 48.8 Å². The number of aromatic nitrogens is 3. The van der Waals surface area contributed by atoms with Gasteiger partial charge in [0.1, 0.15) is 17.8 Å². The molecule has 0 aliphatic carbocycles. The monoisotopic (exact) mass is 370 g/mol. The Morgan fingerprint density at radius 1 is 1.12 bits per heavy atom. The molecule has 2 heterocycles. The fourth-order valence-corrected chi connectivity index (χ4v) is 3.51. The molecule has 0 spiro atoms. The van der Waals surface area contributed by atoms with E-state index in [1.165, 1.54) is 0 Å². The minimum Gasteiger partial charge on any atom is -0.497 e. The molecule has 0 unspecified atom stereocenters. The molecule has 1 aromatic heterocycles. The van der Waals surface area contributed by atoms with E-state index < -0.39 is 0 Å². The molecule has 0 fully saturated rings. The van der Waals surface area contributed by atoms with E-state index >= 15 is 0 Å². The van der Waals surface area contributed by atoms with Crippen molar-refractivity contribution in [3.63, 3.8) is 0 Å². The highest BCUT2D eigenvalue weighted by Crippen LogP contribution is 2.41. The van der Waals surface area contributed by atoms with E-state index in [1.54, 1.807) is 20.5 Å². The fourth-order valence-electron chi connectivity index (χ4n) is 3.39. The van der Waals surface area contributed by atoms with E-state index in [0.717, 1.165) is 40.0 Å². The Kier molecular flexibility index (Phi) is 4.42. The topological polar surface area (TPSA) is 61.2 Å². The Hall–Kier alpha value is -2.73. The first-order valence-electron chi connectivity index (χ1n) is 8.33. The summed E-state index contributed by atoms with van der Waals surface area (Å²) in [5.74, 6) is 2.26. The quantitative estimate of drug-likeness (QED) is 0.749. The highest BCUT2D eigenvalue weighted by Gasteiger charge is 2.31. The number of fused-ring (bicyclic) bond motifs is 1. The van der Waals surface area contributed by atoms with Crippen molar-refractivity contribution in [2.24, 2.45) is 0 Å². The predicted molar refractivity (Wildman–Crippen MR) is 100 cm³/mol. The lowest BCUT2D eigenvalue weighted by Crippen LogP contribution is -2.28. The molecule has 1 aliphatic heterocycles. The summed E-state index contributed by atoms with van der Waals surface area (Å²) in [4.78, 5) is 4.36. The van der Waals surface area contributed by atoms with Gasteiger partial charge >= 0.3 is 0 Å². The highest BCUT2D eigenvalue weighted by molar-refractivity contribution is 6.30. The van der Waals surface area contributed by atoms with E-state index in [-0.39, 0.29) is 12.1 Å². The zero-order chi connectivity index (χ0) is 18.1. The van der Waals surface area contributed by atoms with Crippen LogP contribution < -0.4 is 14.8 Å². The van der Waals surface area contributed by atoms with Gasteiger partial charge in [-0.15, -0.1) is 0 Å². The maximum Gasteiger partial charge on any atom is 0.222 e. The Morgan fingerprint density at radius 2 is 1.92 bits per heavy atom. The van der Waals surface area contributed by atoms with Crippen molar-refractivity contribution in [1.82, 2.24) is 14.8 Å². The molecule has 0 saturated heterocycles. The van der Waals surface area contributed by atoms with Crippen molar-refractivity contribution < 1.29 is 9.47 Å². The van der Waals surface area contributed by atoms with Crippen molar-refractivity contribution in [3.8, 4) is 11.5 Å². The summed E-state index contributed by atoms with van der Waals surface area (Å²) in [6, 6.07) is 13.8. The van der Waals surface area contributed by atoms with Gasteiger partial charge in [-0.3, -0.25) is 0 Å². The summed E-state index contributed by atoms with van der Waals surface area (Å²) in [6.45, 7) is 0. The average molecular weight is 371 g/mol. The van der Waals surface area contributed by atoms with Crippen molar-refractivity contribution in [2.75, 3.05) is 19.5 Å². The molecule has 2 atom stereocenters. The standard InChI is InChI=1S/C19H19ClN4O2/c1-25-14-7-8-15(18(9-14)26-2)17-10-16(12-3-5-13(20)6-4-12)23-19-21-11-22-24(17)19/h3-9,11,16-17H,10H2,1-2H3,(H,21,22,23)/t16-,17+/m0/s1. The van der Waals surface area contributed by atoms with Gasteiger partial charge in [-0.1, -0.05) is 23.7 Å². The second-order valence-corrected chi connectivity index (χ2v) is 6.57. The number of nitrogens with zero attached hydrogens (tertiary/aromatic N) is 3. The van der Waals surface area contributed by atoms with Crippen LogP contribution in [0.3, 0.4) is 0 Å². The minimum absolute atomic E-state index is 0.00437. The lowest BCUT2D eigenvalue weighted by molar-refractivity contribution is 0.371. The van der Waals surface area contributed by atoms with Crippen molar-refractivity contribution in [2.45, 2.75) is 18.5 Å². The molecule has 1 N–H and O–H groups in total. The predicted octanol–water partition coefficient (Wildman–Crippen LogP) is 4.10. The molecule has 26 heavy (non-hydrogen) atoms. The minimum atomic E-state index is -0.00437. The first-order chi connectivity index (χ1) is 12.7. The van der Waals surface area contributed by atoms with Gasteiger partial charge in [0.25, 0.3) is 0 Å². The van der Waals surface area contributed by atoms with Crippen LogP contribution in [-0.4, -0.2) is 29.0 Å². The molecule has 6 nitrogen and oxygen atoms in total. The Balaban J connectivity index is 1.75. The fraction of sp³-hybridized carbons (Fsp3) is 0.263. The Labute approximate surface area is 156 Å². The molecule has 0 bridgehead atoms. The molecule has 4 rings (SSSR count). The molecule has 1 aliphatic rings. The molecule has 7 heteroatoms.